The topological polar surface area (TPSA) is 33.5 Å². The standard InChI is InChI=1S/C21H21ClN2O/c1-6-20(4)15(22)11-13-16(17(20)23-5)21(19(13,2)3)12-9-7-8-10-14(12)24-18(21)25/h6-10,13,15H,1,11H2,2-4H3,(H,24,25)/t13?,15-,20-,21-/m1/s1. The van der Waals surface area contributed by atoms with Gasteiger partial charge in [-0.25, -0.2) is 4.85 Å². The molecule has 25 heavy (non-hydrogen) atoms. The first kappa shape index (κ1) is 16.4. The van der Waals surface area contributed by atoms with Crippen LogP contribution in [0.15, 0.2) is 48.2 Å². The molecule has 1 spiro atoms. The fourth-order valence-electron chi connectivity index (χ4n) is 5.37. The molecule has 1 amide bonds. The zero-order valence-corrected chi connectivity index (χ0v) is 15.4. The molecular weight excluding hydrogens is 332 g/mol. The van der Waals surface area contributed by atoms with Crippen LogP contribution < -0.4 is 5.32 Å². The van der Waals surface area contributed by atoms with Gasteiger partial charge in [0.25, 0.3) is 0 Å². The van der Waals surface area contributed by atoms with Crippen LogP contribution in [0.4, 0.5) is 5.69 Å². The molecule has 4 rings (SSSR count). The van der Waals surface area contributed by atoms with Crippen molar-refractivity contribution >= 4 is 23.2 Å². The zero-order valence-electron chi connectivity index (χ0n) is 14.7. The van der Waals surface area contributed by atoms with Gasteiger partial charge >= 0.3 is 0 Å². The predicted molar refractivity (Wildman–Crippen MR) is 100 cm³/mol. The van der Waals surface area contributed by atoms with Crippen molar-refractivity contribution in [1.82, 2.24) is 0 Å². The summed E-state index contributed by atoms with van der Waals surface area (Å²) in [6, 6.07) is 7.83. The largest absolute Gasteiger partial charge is 0.325 e. The molecular formula is C21H21ClN2O. The van der Waals surface area contributed by atoms with Gasteiger partial charge in [0.05, 0.1) is 12.0 Å². The predicted octanol–water partition coefficient (Wildman–Crippen LogP) is 4.91. The van der Waals surface area contributed by atoms with Gasteiger partial charge in [0.1, 0.15) is 0 Å². The molecule has 0 radical (unpaired) electrons. The van der Waals surface area contributed by atoms with Crippen molar-refractivity contribution in [2.24, 2.45) is 16.7 Å². The number of amides is 1. The van der Waals surface area contributed by atoms with E-state index in [-0.39, 0.29) is 22.6 Å². The average Bonchev–Trinajstić information content (AvgIpc) is 2.91. The van der Waals surface area contributed by atoms with Crippen LogP contribution >= 0.6 is 11.6 Å². The highest BCUT2D eigenvalue weighted by Crippen LogP contribution is 2.73. The fraction of sp³-hybridized carbons (Fsp3) is 0.429. The Hall–Kier alpha value is -2.05. The van der Waals surface area contributed by atoms with Crippen LogP contribution in [0.3, 0.4) is 0 Å². The second-order valence-electron chi connectivity index (χ2n) is 8.09. The number of para-hydroxylation sites is 1. The summed E-state index contributed by atoms with van der Waals surface area (Å²) < 4.78 is 0. The zero-order chi connectivity index (χ0) is 18.2. The van der Waals surface area contributed by atoms with Gasteiger partial charge in [0, 0.05) is 16.5 Å². The van der Waals surface area contributed by atoms with E-state index in [1.807, 2.05) is 31.2 Å². The summed E-state index contributed by atoms with van der Waals surface area (Å²) in [5.74, 6) is 0.106. The minimum atomic E-state index is -0.782. The number of carbonyl (C=O) groups is 1. The van der Waals surface area contributed by atoms with Crippen molar-refractivity contribution in [2.45, 2.75) is 38.0 Å². The van der Waals surface area contributed by atoms with Crippen molar-refractivity contribution < 1.29 is 4.79 Å². The van der Waals surface area contributed by atoms with E-state index in [0.717, 1.165) is 23.2 Å². The third-order valence-electron chi connectivity index (χ3n) is 6.90. The maximum Gasteiger partial charge on any atom is 0.238 e. The third kappa shape index (κ3) is 1.56. The van der Waals surface area contributed by atoms with Gasteiger partial charge in [0.2, 0.25) is 5.91 Å². The minimum absolute atomic E-state index is 0.0227. The summed E-state index contributed by atoms with van der Waals surface area (Å²) in [5.41, 5.74) is 1.69. The molecule has 1 heterocycles. The van der Waals surface area contributed by atoms with Crippen LogP contribution in [-0.2, 0) is 10.2 Å². The number of hydrogen-bond acceptors (Lipinski definition) is 1. The molecule has 0 aromatic heterocycles. The number of nitrogens with one attached hydrogen (secondary N) is 1. The van der Waals surface area contributed by atoms with Crippen LogP contribution in [0.25, 0.3) is 4.85 Å². The number of nitrogens with zero attached hydrogens (tertiary/aromatic N) is 1. The summed E-state index contributed by atoms with van der Waals surface area (Å²) in [7, 11) is 0. The fourth-order valence-corrected chi connectivity index (χ4v) is 5.74. The van der Waals surface area contributed by atoms with Gasteiger partial charge in [-0.1, -0.05) is 45.0 Å². The maximum absolute atomic E-state index is 13.2. The Morgan fingerprint density at radius 2 is 2.04 bits per heavy atom. The van der Waals surface area contributed by atoms with Crippen molar-refractivity contribution in [3.8, 4) is 0 Å². The van der Waals surface area contributed by atoms with E-state index in [9.17, 15) is 4.79 Å². The monoisotopic (exact) mass is 352 g/mol. The van der Waals surface area contributed by atoms with Gasteiger partial charge in [0.15, 0.2) is 5.70 Å². The lowest BCUT2D eigenvalue weighted by Gasteiger charge is -2.65. The molecule has 4 atom stereocenters. The smallest absolute Gasteiger partial charge is 0.238 e. The lowest BCUT2D eigenvalue weighted by Crippen LogP contribution is -2.67. The molecule has 2 aliphatic carbocycles. The highest BCUT2D eigenvalue weighted by Gasteiger charge is 2.73. The van der Waals surface area contributed by atoms with E-state index in [1.165, 1.54) is 0 Å². The highest BCUT2D eigenvalue weighted by molar-refractivity contribution is 6.22. The van der Waals surface area contributed by atoms with Crippen LogP contribution in [0, 0.1) is 23.3 Å². The molecule has 1 saturated carbocycles. The van der Waals surface area contributed by atoms with Crippen molar-refractivity contribution in [3.05, 3.63) is 65.2 Å². The number of rotatable bonds is 1. The molecule has 4 heteroatoms. The number of allylic oxidation sites excluding steroid dienone is 1. The Kier molecular flexibility index (Phi) is 3.13. The van der Waals surface area contributed by atoms with E-state index in [4.69, 9.17) is 18.2 Å². The lowest BCUT2D eigenvalue weighted by molar-refractivity contribution is -0.131. The number of halogens is 1. The van der Waals surface area contributed by atoms with E-state index in [2.05, 4.69) is 30.6 Å². The van der Waals surface area contributed by atoms with Gasteiger partial charge < -0.3 is 5.32 Å². The molecule has 1 aromatic rings. The first-order chi connectivity index (χ1) is 11.8. The summed E-state index contributed by atoms with van der Waals surface area (Å²) in [6.45, 7) is 18.0. The summed E-state index contributed by atoms with van der Waals surface area (Å²) in [4.78, 5) is 17.1. The van der Waals surface area contributed by atoms with Gasteiger partial charge in [-0.3, -0.25) is 4.79 Å². The molecule has 1 aliphatic heterocycles. The maximum atomic E-state index is 13.2. The van der Waals surface area contributed by atoms with E-state index in [1.54, 1.807) is 6.08 Å². The molecule has 1 N–H and O–H groups in total. The molecule has 3 aliphatic rings. The lowest BCUT2D eigenvalue weighted by atomic mass is 9.37. The first-order valence-electron chi connectivity index (χ1n) is 8.58. The summed E-state index contributed by atoms with van der Waals surface area (Å²) in [5, 5.41) is 2.85. The highest BCUT2D eigenvalue weighted by atomic mass is 35.5. The summed E-state index contributed by atoms with van der Waals surface area (Å²) in [6.07, 6.45) is 2.53. The molecule has 0 saturated heterocycles. The van der Waals surface area contributed by atoms with Gasteiger partial charge in [-0.15, -0.1) is 18.2 Å². The van der Waals surface area contributed by atoms with Crippen LogP contribution in [-0.4, -0.2) is 11.3 Å². The minimum Gasteiger partial charge on any atom is -0.325 e. The van der Waals surface area contributed by atoms with Crippen molar-refractivity contribution in [3.63, 3.8) is 0 Å². The van der Waals surface area contributed by atoms with Crippen LogP contribution in [0.1, 0.15) is 32.8 Å². The SMILES string of the molecule is [C-]#[N+]C1=C2C(C[C@@H](Cl)[C@@]1(C)C=C)C(C)(C)[C@@]21C(=O)Nc2ccccc21. The number of benzene rings is 1. The molecule has 3 nitrogen and oxygen atoms in total. The van der Waals surface area contributed by atoms with E-state index >= 15 is 0 Å². The van der Waals surface area contributed by atoms with E-state index < -0.39 is 10.8 Å². The quantitative estimate of drug-likeness (QED) is 0.435. The molecule has 1 aromatic carbocycles. The number of alkyl halides is 1. The van der Waals surface area contributed by atoms with E-state index in [0.29, 0.717) is 5.70 Å². The molecule has 0 bridgehead atoms. The van der Waals surface area contributed by atoms with Crippen LogP contribution in [0.5, 0.6) is 0 Å². The first-order valence-corrected chi connectivity index (χ1v) is 9.01. The van der Waals surface area contributed by atoms with Gasteiger partial charge in [-0.2, -0.15) is 0 Å². The number of anilines is 1. The Balaban J connectivity index is 2.09. The number of fused-ring (bicyclic) bond motifs is 4. The van der Waals surface area contributed by atoms with Gasteiger partial charge in [-0.05, 0) is 35.0 Å². The Bertz CT molecular complexity index is 893. The summed E-state index contributed by atoms with van der Waals surface area (Å²) >= 11 is 6.70. The third-order valence-corrected chi connectivity index (χ3v) is 7.54. The average molecular weight is 353 g/mol. The van der Waals surface area contributed by atoms with Crippen molar-refractivity contribution in [1.29, 1.82) is 0 Å². The Morgan fingerprint density at radius 3 is 2.68 bits per heavy atom. The second kappa shape index (κ2) is 4.77. The van der Waals surface area contributed by atoms with Crippen LogP contribution in [0.2, 0.25) is 0 Å². The van der Waals surface area contributed by atoms with Crippen molar-refractivity contribution in [2.75, 3.05) is 5.32 Å². The molecule has 1 unspecified atom stereocenters. The Labute approximate surface area is 153 Å². The number of hydrogen-bond donors (Lipinski definition) is 1. The number of carbonyl (C=O) groups excluding carboxylic acids is 1. The molecule has 128 valence electrons. The normalized spacial score (nSPS) is 37.6. The Morgan fingerprint density at radius 1 is 1.36 bits per heavy atom. The second-order valence-corrected chi connectivity index (χ2v) is 8.61. The molecule has 1 fully saturated rings.